The maximum atomic E-state index is 2.86. The van der Waals surface area contributed by atoms with Crippen LogP contribution in [-0.2, 0) is 0 Å². The molecule has 0 saturated carbocycles. The molecule has 0 saturated heterocycles. The Kier molecular flexibility index (Phi) is 8.64. The second-order valence-electron chi connectivity index (χ2n) is 19.2. The quantitative estimate of drug-likeness (QED) is 0.165. The minimum absolute atomic E-state index is 0.558. The van der Waals surface area contributed by atoms with Crippen molar-refractivity contribution in [2.75, 3.05) is 11.5 Å². The van der Waals surface area contributed by atoms with Gasteiger partial charge in [-0.1, -0.05) is 114 Å². The highest BCUT2D eigenvalue weighted by molar-refractivity contribution is 7.99. The van der Waals surface area contributed by atoms with Crippen molar-refractivity contribution >= 4 is 35.1 Å². The molecule has 2 aromatic carbocycles. The highest BCUT2D eigenvalue weighted by Crippen LogP contribution is 2.71. The molecular formula is C52H64S. The van der Waals surface area contributed by atoms with Gasteiger partial charge in [0.2, 0.25) is 0 Å². The Morgan fingerprint density at radius 2 is 1.45 bits per heavy atom. The SMILES string of the molecule is CCCCCSCCCCCC1CC2c3c4c5c6c7c3C1C=c1ccc3c(c1-7)C1=C(C=CC(C7=C5C(CC4CC2CC)C(CCCCC)CC7)C16)CC=3. The number of rotatable bonds is 15. The van der Waals surface area contributed by atoms with Gasteiger partial charge in [0.25, 0.3) is 0 Å². The van der Waals surface area contributed by atoms with Crippen molar-refractivity contribution in [1.29, 1.82) is 0 Å². The summed E-state index contributed by atoms with van der Waals surface area (Å²) >= 11 is 2.22. The number of fused-ring (bicyclic) bond motifs is 1. The number of allylic oxidation sites excluding steroid dienone is 6. The monoisotopic (exact) mass is 720 g/mol. The van der Waals surface area contributed by atoms with Crippen LogP contribution in [0.25, 0.3) is 34.4 Å². The molecule has 9 atom stereocenters. The first-order chi connectivity index (χ1) is 26.2. The van der Waals surface area contributed by atoms with E-state index in [4.69, 9.17) is 0 Å². The summed E-state index contributed by atoms with van der Waals surface area (Å²) < 4.78 is 0. The molecule has 0 spiro atoms. The van der Waals surface area contributed by atoms with E-state index in [0.717, 1.165) is 41.9 Å². The molecule has 0 nitrogen and oxygen atoms in total. The molecule has 2 aromatic rings. The Labute approximate surface area is 325 Å². The first-order valence-corrected chi connectivity index (χ1v) is 24.2. The summed E-state index contributed by atoms with van der Waals surface area (Å²) in [5, 5.41) is 3.14. The van der Waals surface area contributed by atoms with Gasteiger partial charge in [-0.3, -0.25) is 0 Å². The summed E-state index contributed by atoms with van der Waals surface area (Å²) in [5.74, 6) is 9.42. The van der Waals surface area contributed by atoms with Crippen LogP contribution in [0.5, 0.6) is 0 Å². The van der Waals surface area contributed by atoms with E-state index in [2.05, 4.69) is 69.0 Å². The Morgan fingerprint density at radius 3 is 2.32 bits per heavy atom. The van der Waals surface area contributed by atoms with E-state index in [9.17, 15) is 0 Å². The Hall–Kier alpha value is -2.25. The first-order valence-electron chi connectivity index (χ1n) is 23.0. The van der Waals surface area contributed by atoms with Crippen LogP contribution < -0.4 is 10.4 Å². The summed E-state index contributed by atoms with van der Waals surface area (Å²) in [5.41, 5.74) is 22.0. The van der Waals surface area contributed by atoms with E-state index in [1.807, 2.05) is 44.5 Å². The normalized spacial score (nSPS) is 32.2. The Bertz CT molecular complexity index is 2070. The molecule has 0 amide bonds. The average Bonchev–Trinajstić information content (AvgIpc) is 3.19. The molecule has 0 fully saturated rings. The second kappa shape index (κ2) is 13.5. The molecule has 9 unspecified atom stereocenters. The van der Waals surface area contributed by atoms with Crippen molar-refractivity contribution in [3.05, 3.63) is 79.2 Å². The first kappa shape index (κ1) is 34.0. The van der Waals surface area contributed by atoms with Crippen molar-refractivity contribution in [1.82, 2.24) is 0 Å². The molecule has 0 heterocycles. The third kappa shape index (κ3) is 4.93. The van der Waals surface area contributed by atoms with Crippen LogP contribution >= 0.6 is 11.8 Å². The van der Waals surface area contributed by atoms with Gasteiger partial charge in [-0.25, -0.2) is 0 Å². The van der Waals surface area contributed by atoms with Gasteiger partial charge in [0.1, 0.15) is 0 Å². The standard InChI is InChI=1S/C52H64S/c1-4-7-10-14-31-20-22-37-38-23-21-33-17-16-32-18-19-35-28-41-34(15-11-9-13-25-53-24-12-8-5-2)27-39-30(6-3)26-36-29-40(31)46(37)50-45(36)48(39)49(41)51-44(35)42(32)43(33)47(38)52(50)51/h16,18-19,21,23,28,30-31,34,36,38-41,47H,4-15,17,20,22,24-27,29H2,1-3H3. The van der Waals surface area contributed by atoms with Crippen LogP contribution in [0.1, 0.15) is 193 Å². The van der Waals surface area contributed by atoms with E-state index in [0.29, 0.717) is 17.8 Å². The molecule has 9 aliphatic rings. The summed E-state index contributed by atoms with van der Waals surface area (Å²) in [6, 6.07) is 5.11. The predicted octanol–water partition coefficient (Wildman–Crippen LogP) is 13.3. The molecule has 0 bridgehead atoms. The Morgan fingerprint density at radius 1 is 0.642 bits per heavy atom. The highest BCUT2D eigenvalue weighted by atomic mass is 32.2. The van der Waals surface area contributed by atoms with Gasteiger partial charge in [0.15, 0.2) is 0 Å². The minimum Gasteiger partial charge on any atom is -0.162 e. The zero-order chi connectivity index (χ0) is 35.4. The van der Waals surface area contributed by atoms with Crippen molar-refractivity contribution in [2.24, 2.45) is 29.6 Å². The summed E-state index contributed by atoms with van der Waals surface area (Å²) in [6.45, 7) is 7.29. The molecule has 1 heteroatoms. The molecule has 0 aromatic heterocycles. The third-order valence-electron chi connectivity index (χ3n) is 16.8. The van der Waals surface area contributed by atoms with Crippen LogP contribution in [0.4, 0.5) is 0 Å². The topological polar surface area (TPSA) is 0 Å². The van der Waals surface area contributed by atoms with Gasteiger partial charge in [0.05, 0.1) is 0 Å². The van der Waals surface area contributed by atoms with Crippen molar-refractivity contribution < 1.29 is 0 Å². The van der Waals surface area contributed by atoms with Crippen molar-refractivity contribution in [3.63, 3.8) is 0 Å². The number of hydrogen-bond acceptors (Lipinski definition) is 1. The van der Waals surface area contributed by atoms with Crippen molar-refractivity contribution in [3.8, 4) is 11.1 Å². The van der Waals surface area contributed by atoms with E-state index in [-0.39, 0.29) is 0 Å². The Balaban J connectivity index is 1.08. The molecule has 53 heavy (non-hydrogen) atoms. The smallest absolute Gasteiger partial charge is 0.0211 e. The van der Waals surface area contributed by atoms with E-state index in [1.54, 1.807) is 32.7 Å². The van der Waals surface area contributed by atoms with Gasteiger partial charge in [0, 0.05) is 17.8 Å². The lowest BCUT2D eigenvalue weighted by Gasteiger charge is -2.58. The van der Waals surface area contributed by atoms with Gasteiger partial charge in [-0.15, -0.1) is 0 Å². The zero-order valence-electron chi connectivity index (χ0n) is 33.2. The molecule has 0 aliphatic heterocycles. The lowest BCUT2D eigenvalue weighted by molar-refractivity contribution is 0.213. The van der Waals surface area contributed by atoms with E-state index < -0.39 is 0 Å². The summed E-state index contributed by atoms with van der Waals surface area (Å²) in [4.78, 5) is 0. The van der Waals surface area contributed by atoms with Gasteiger partial charge >= 0.3 is 0 Å². The van der Waals surface area contributed by atoms with Gasteiger partial charge in [-0.05, 0) is 183 Å². The van der Waals surface area contributed by atoms with E-state index in [1.165, 1.54) is 121 Å². The predicted molar refractivity (Wildman–Crippen MR) is 229 cm³/mol. The number of unbranched alkanes of at least 4 members (excludes halogenated alkanes) is 6. The average molecular weight is 721 g/mol. The fourth-order valence-corrected chi connectivity index (χ4v) is 15.6. The van der Waals surface area contributed by atoms with Crippen LogP contribution in [0.2, 0.25) is 0 Å². The molecular weight excluding hydrogens is 657 g/mol. The fraction of sp³-hybridized carbons (Fsp3) is 0.615. The summed E-state index contributed by atoms with van der Waals surface area (Å²) in [6.07, 6.45) is 36.0. The van der Waals surface area contributed by atoms with Crippen molar-refractivity contribution in [2.45, 2.75) is 160 Å². The van der Waals surface area contributed by atoms with Crippen LogP contribution in [0, 0.1) is 29.6 Å². The maximum Gasteiger partial charge on any atom is 0.0211 e. The molecule has 0 N–H and O–H groups in total. The number of hydrogen-bond donors (Lipinski definition) is 0. The summed E-state index contributed by atoms with van der Waals surface area (Å²) in [7, 11) is 0. The van der Waals surface area contributed by atoms with Crippen LogP contribution in [0.3, 0.4) is 0 Å². The van der Waals surface area contributed by atoms with Crippen LogP contribution in [-0.4, -0.2) is 11.5 Å². The van der Waals surface area contributed by atoms with E-state index >= 15 is 0 Å². The third-order valence-corrected chi connectivity index (χ3v) is 17.9. The largest absolute Gasteiger partial charge is 0.162 e. The molecule has 9 aliphatic carbocycles. The highest BCUT2D eigenvalue weighted by Gasteiger charge is 2.56. The lowest BCUT2D eigenvalue weighted by Crippen LogP contribution is -2.45. The lowest BCUT2D eigenvalue weighted by atomic mass is 9.46. The number of benzene rings is 2. The molecule has 278 valence electrons. The fourth-order valence-electron chi connectivity index (χ4n) is 14.6. The van der Waals surface area contributed by atoms with Gasteiger partial charge < -0.3 is 0 Å². The molecule has 0 radical (unpaired) electrons. The number of thioether (sulfide) groups is 1. The van der Waals surface area contributed by atoms with Crippen LogP contribution in [0.15, 0.2) is 35.4 Å². The minimum atomic E-state index is 0.558. The second-order valence-corrected chi connectivity index (χ2v) is 20.5. The maximum absolute atomic E-state index is 2.86. The van der Waals surface area contributed by atoms with Gasteiger partial charge in [-0.2, -0.15) is 11.8 Å². The molecule has 11 rings (SSSR count). The zero-order valence-corrected chi connectivity index (χ0v) is 34.0.